The molecule has 1 aromatic rings. The van der Waals surface area contributed by atoms with Crippen LogP contribution in [0.15, 0.2) is 0 Å². The van der Waals surface area contributed by atoms with Gasteiger partial charge in [-0.25, -0.2) is 4.79 Å². The number of urea groups is 1. The third-order valence-electron chi connectivity index (χ3n) is 2.34. The zero-order valence-corrected chi connectivity index (χ0v) is 10.4. The second-order valence-corrected chi connectivity index (χ2v) is 4.10. The summed E-state index contributed by atoms with van der Waals surface area (Å²) in [5.41, 5.74) is 11.9. The summed E-state index contributed by atoms with van der Waals surface area (Å²) in [6.45, 7) is 4.40. The molecule has 0 fully saturated rings. The number of nitrogens with one attached hydrogen (secondary N) is 3. The zero-order valence-electron chi connectivity index (χ0n) is 10.4. The van der Waals surface area contributed by atoms with Gasteiger partial charge < -0.3 is 22.1 Å². The van der Waals surface area contributed by atoms with Crippen molar-refractivity contribution in [3.8, 4) is 0 Å². The molecule has 1 heterocycles. The van der Waals surface area contributed by atoms with Gasteiger partial charge in [0.15, 0.2) is 5.69 Å². The van der Waals surface area contributed by atoms with Crippen molar-refractivity contribution in [1.82, 2.24) is 20.8 Å². The summed E-state index contributed by atoms with van der Waals surface area (Å²) in [5, 5.41) is 11.5. The summed E-state index contributed by atoms with van der Waals surface area (Å²) in [6, 6.07) is -0.634. The maximum absolute atomic E-state index is 11.7. The number of rotatable bonds is 5. The van der Waals surface area contributed by atoms with Gasteiger partial charge in [-0.1, -0.05) is 13.8 Å². The largest absolute Gasteiger partial charge is 0.395 e. The van der Waals surface area contributed by atoms with E-state index in [0.717, 1.165) is 5.69 Å². The Morgan fingerprint density at radius 3 is 2.44 bits per heavy atom. The van der Waals surface area contributed by atoms with Crippen LogP contribution < -0.4 is 22.1 Å². The van der Waals surface area contributed by atoms with Crippen LogP contribution in [0.4, 0.5) is 10.5 Å². The molecule has 0 aliphatic carbocycles. The van der Waals surface area contributed by atoms with E-state index in [1.807, 2.05) is 13.8 Å². The van der Waals surface area contributed by atoms with Crippen LogP contribution in [-0.4, -0.2) is 35.2 Å². The van der Waals surface area contributed by atoms with Crippen LogP contribution in [0, 0.1) is 0 Å². The number of nitrogen functional groups attached to an aromatic ring is 1. The Bertz CT molecular complexity index is 440. The smallest absolute Gasteiger partial charge is 0.312 e. The quantitative estimate of drug-likeness (QED) is 0.452. The second-order valence-electron chi connectivity index (χ2n) is 4.10. The lowest BCUT2D eigenvalue weighted by molar-refractivity contribution is 0.0950. The van der Waals surface area contributed by atoms with Gasteiger partial charge in [0.2, 0.25) is 0 Å². The van der Waals surface area contributed by atoms with E-state index in [9.17, 15) is 9.59 Å². The van der Waals surface area contributed by atoms with Crippen LogP contribution in [0.3, 0.4) is 0 Å². The molecule has 18 heavy (non-hydrogen) atoms. The van der Waals surface area contributed by atoms with Gasteiger partial charge in [-0.3, -0.25) is 9.89 Å². The van der Waals surface area contributed by atoms with Gasteiger partial charge in [0.25, 0.3) is 5.91 Å². The highest BCUT2D eigenvalue weighted by molar-refractivity contribution is 5.97. The molecular weight excluding hydrogens is 236 g/mol. The molecule has 0 aliphatic rings. The van der Waals surface area contributed by atoms with E-state index in [2.05, 4.69) is 20.8 Å². The third kappa shape index (κ3) is 3.37. The number of anilines is 1. The van der Waals surface area contributed by atoms with Crippen LogP contribution in [0.2, 0.25) is 0 Å². The zero-order chi connectivity index (χ0) is 13.7. The van der Waals surface area contributed by atoms with E-state index in [1.165, 1.54) is 0 Å². The van der Waals surface area contributed by atoms with Crippen LogP contribution in [0.25, 0.3) is 0 Å². The number of primary amides is 1. The number of hydrogen-bond acceptors (Lipinski definition) is 4. The van der Waals surface area contributed by atoms with Gasteiger partial charge in [-0.15, -0.1) is 0 Å². The minimum atomic E-state index is -0.634. The Hall–Kier alpha value is -2.25. The van der Waals surface area contributed by atoms with E-state index >= 15 is 0 Å². The van der Waals surface area contributed by atoms with Crippen molar-refractivity contribution in [3.63, 3.8) is 0 Å². The fraction of sp³-hybridized carbons (Fsp3) is 0.500. The number of aromatic nitrogens is 2. The summed E-state index contributed by atoms with van der Waals surface area (Å²) in [5.74, 6) is -0.225. The molecule has 0 unspecified atom stereocenters. The number of H-pyrrole nitrogens is 1. The topological polar surface area (TPSA) is 139 Å². The molecule has 8 heteroatoms. The van der Waals surface area contributed by atoms with Crippen molar-refractivity contribution in [2.24, 2.45) is 5.73 Å². The van der Waals surface area contributed by atoms with Crippen LogP contribution in [-0.2, 0) is 0 Å². The molecule has 0 saturated heterocycles. The first-order chi connectivity index (χ1) is 8.43. The average Bonchev–Trinajstić information content (AvgIpc) is 2.66. The second kappa shape index (κ2) is 5.89. The SMILES string of the molecule is CC(C)c1[nH]nc(C(=O)NCCNC(N)=O)c1N. The van der Waals surface area contributed by atoms with Gasteiger partial charge >= 0.3 is 6.03 Å². The van der Waals surface area contributed by atoms with E-state index < -0.39 is 6.03 Å². The third-order valence-corrected chi connectivity index (χ3v) is 2.34. The Kier molecular flexibility index (Phi) is 4.52. The van der Waals surface area contributed by atoms with Gasteiger partial charge in [-0.2, -0.15) is 5.10 Å². The van der Waals surface area contributed by atoms with Crippen molar-refractivity contribution < 1.29 is 9.59 Å². The molecular formula is C10H18N6O2. The first-order valence-electron chi connectivity index (χ1n) is 5.58. The van der Waals surface area contributed by atoms with E-state index in [1.54, 1.807) is 0 Å². The van der Waals surface area contributed by atoms with Crippen molar-refractivity contribution in [3.05, 3.63) is 11.4 Å². The molecule has 100 valence electrons. The molecule has 0 bridgehead atoms. The average molecular weight is 254 g/mol. The first kappa shape index (κ1) is 13.8. The molecule has 1 rings (SSSR count). The van der Waals surface area contributed by atoms with Crippen molar-refractivity contribution in [2.75, 3.05) is 18.8 Å². The number of hydrogen-bond donors (Lipinski definition) is 5. The number of nitrogens with zero attached hydrogens (tertiary/aromatic N) is 1. The lowest BCUT2D eigenvalue weighted by Crippen LogP contribution is -2.37. The van der Waals surface area contributed by atoms with Crippen LogP contribution in [0.5, 0.6) is 0 Å². The fourth-order valence-electron chi connectivity index (χ4n) is 1.42. The minimum Gasteiger partial charge on any atom is -0.395 e. The van der Waals surface area contributed by atoms with Gasteiger partial charge in [0.1, 0.15) is 0 Å². The minimum absolute atomic E-state index is 0.163. The van der Waals surface area contributed by atoms with Crippen molar-refractivity contribution >= 4 is 17.6 Å². The molecule has 0 atom stereocenters. The summed E-state index contributed by atoms with van der Waals surface area (Å²) in [7, 11) is 0. The van der Waals surface area contributed by atoms with E-state index in [0.29, 0.717) is 5.69 Å². The van der Waals surface area contributed by atoms with Crippen molar-refractivity contribution in [2.45, 2.75) is 19.8 Å². The summed E-state index contributed by atoms with van der Waals surface area (Å²) >= 11 is 0. The predicted octanol–water partition coefficient (Wildman–Crippen LogP) is -0.487. The van der Waals surface area contributed by atoms with Crippen LogP contribution >= 0.6 is 0 Å². The lowest BCUT2D eigenvalue weighted by Gasteiger charge is -2.05. The summed E-state index contributed by atoms with van der Waals surface area (Å²) < 4.78 is 0. The Morgan fingerprint density at radius 2 is 1.94 bits per heavy atom. The molecule has 1 aromatic heterocycles. The number of aromatic amines is 1. The monoisotopic (exact) mass is 254 g/mol. The maximum Gasteiger partial charge on any atom is 0.312 e. The lowest BCUT2D eigenvalue weighted by atomic mass is 10.1. The fourth-order valence-corrected chi connectivity index (χ4v) is 1.42. The maximum atomic E-state index is 11.7. The van der Waals surface area contributed by atoms with Gasteiger partial charge in [-0.05, 0) is 5.92 Å². The van der Waals surface area contributed by atoms with E-state index in [4.69, 9.17) is 11.5 Å². The molecule has 0 aliphatic heterocycles. The Morgan fingerprint density at radius 1 is 1.33 bits per heavy atom. The molecule has 0 aromatic carbocycles. The van der Waals surface area contributed by atoms with Crippen molar-refractivity contribution in [1.29, 1.82) is 0 Å². The standard InChI is InChI=1S/C10H18N6O2/c1-5(2)7-6(11)8(16-15-7)9(17)13-3-4-14-10(12)18/h5H,3-4,11H2,1-2H3,(H,13,17)(H,15,16)(H3,12,14,18). The molecule has 0 saturated carbocycles. The molecule has 0 spiro atoms. The first-order valence-corrected chi connectivity index (χ1v) is 5.58. The summed E-state index contributed by atoms with van der Waals surface area (Å²) in [6.07, 6.45) is 0. The Balaban J connectivity index is 2.54. The summed E-state index contributed by atoms with van der Waals surface area (Å²) in [4.78, 5) is 22.1. The highest BCUT2D eigenvalue weighted by Crippen LogP contribution is 2.21. The number of carbonyl (C=O) groups excluding carboxylic acids is 2. The molecule has 0 radical (unpaired) electrons. The highest BCUT2D eigenvalue weighted by Gasteiger charge is 2.18. The normalized spacial score (nSPS) is 10.4. The molecule has 7 N–H and O–H groups in total. The van der Waals surface area contributed by atoms with Gasteiger partial charge in [0.05, 0.1) is 11.4 Å². The highest BCUT2D eigenvalue weighted by atomic mass is 16.2. The number of amides is 3. The molecule has 8 nitrogen and oxygen atoms in total. The number of nitrogens with two attached hydrogens (primary N) is 2. The molecule has 3 amide bonds. The predicted molar refractivity (Wildman–Crippen MR) is 67.0 cm³/mol. The Labute approximate surface area is 104 Å². The van der Waals surface area contributed by atoms with Crippen LogP contribution in [0.1, 0.15) is 35.9 Å². The van der Waals surface area contributed by atoms with E-state index in [-0.39, 0.29) is 30.6 Å². The number of carbonyl (C=O) groups is 2. The van der Waals surface area contributed by atoms with Gasteiger partial charge in [0, 0.05) is 13.1 Å².